The number of carbonyl (C=O) groups is 2. The molecule has 0 spiro atoms. The van der Waals surface area contributed by atoms with Crippen LogP contribution in [0.4, 0.5) is 5.69 Å². The van der Waals surface area contributed by atoms with Crippen LogP contribution in [0, 0.1) is 0 Å². The minimum Gasteiger partial charge on any atom is -0.465 e. The summed E-state index contributed by atoms with van der Waals surface area (Å²) in [7, 11) is -2.99. The minimum absolute atomic E-state index is 0.0370. The summed E-state index contributed by atoms with van der Waals surface area (Å²) >= 11 is 6.06. The summed E-state index contributed by atoms with van der Waals surface area (Å²) in [6.07, 6.45) is 0. The number of halogens is 1. The Labute approximate surface area is 173 Å². The van der Waals surface area contributed by atoms with E-state index in [9.17, 15) is 18.0 Å². The van der Waals surface area contributed by atoms with E-state index in [1.165, 1.54) is 25.3 Å². The summed E-state index contributed by atoms with van der Waals surface area (Å²) in [4.78, 5) is 25.9. The highest BCUT2D eigenvalue weighted by molar-refractivity contribution is 7.92. The lowest BCUT2D eigenvalue weighted by atomic mass is 10.1. The number of carbonyl (C=O) groups excluding carboxylic acids is 2. The number of nitrogens with one attached hydrogen (secondary N) is 1. The maximum absolute atomic E-state index is 12.9. The van der Waals surface area contributed by atoms with E-state index >= 15 is 0 Å². The zero-order valence-corrected chi connectivity index (χ0v) is 17.1. The summed E-state index contributed by atoms with van der Waals surface area (Å²) in [5, 5.41) is -0.0675. The van der Waals surface area contributed by atoms with E-state index in [0.29, 0.717) is 26.3 Å². The van der Waals surface area contributed by atoms with Gasteiger partial charge in [-0.2, -0.15) is 0 Å². The molecular weight excluding hydrogens is 420 g/mol. The number of morpholine rings is 1. The Morgan fingerprint density at radius 1 is 1.14 bits per heavy atom. The van der Waals surface area contributed by atoms with Crippen molar-refractivity contribution < 1.29 is 27.5 Å². The summed E-state index contributed by atoms with van der Waals surface area (Å²) in [5.74, 6) is -0.998. The number of nitrogens with zero attached hydrogens (tertiary/aromatic N) is 1. The smallest absolute Gasteiger partial charge is 0.337 e. The number of anilines is 1. The van der Waals surface area contributed by atoms with Gasteiger partial charge in [-0.15, -0.1) is 0 Å². The molecule has 0 saturated carbocycles. The fourth-order valence-corrected chi connectivity index (χ4v) is 4.46. The van der Waals surface area contributed by atoms with Gasteiger partial charge >= 0.3 is 5.97 Å². The minimum atomic E-state index is -4.18. The average molecular weight is 439 g/mol. The predicted octanol–water partition coefficient (Wildman–Crippen LogP) is 2.40. The molecule has 1 heterocycles. The first-order valence-electron chi connectivity index (χ1n) is 8.70. The molecule has 8 nitrogen and oxygen atoms in total. The van der Waals surface area contributed by atoms with Crippen LogP contribution in [0.1, 0.15) is 20.7 Å². The van der Waals surface area contributed by atoms with Crippen LogP contribution in [0.3, 0.4) is 0 Å². The molecule has 154 valence electrons. The largest absolute Gasteiger partial charge is 0.465 e. The fourth-order valence-electron chi connectivity index (χ4n) is 2.85. The lowest BCUT2D eigenvalue weighted by Gasteiger charge is -2.27. The van der Waals surface area contributed by atoms with Crippen molar-refractivity contribution in [2.24, 2.45) is 0 Å². The van der Waals surface area contributed by atoms with Crippen molar-refractivity contribution in [2.45, 2.75) is 4.90 Å². The highest BCUT2D eigenvalue weighted by Crippen LogP contribution is 2.27. The third-order valence-corrected chi connectivity index (χ3v) is 6.19. The van der Waals surface area contributed by atoms with Crippen LogP contribution < -0.4 is 4.72 Å². The Kier molecular flexibility index (Phi) is 6.41. The summed E-state index contributed by atoms with van der Waals surface area (Å²) in [6.45, 7) is 1.70. The van der Waals surface area contributed by atoms with E-state index in [1.54, 1.807) is 23.1 Å². The standard InChI is InChI=1S/C19H19ClN2O6S/c1-27-19(24)13-6-7-15(20)17(12-13)29(25,26)21-16-5-3-2-4-14(16)18(23)22-8-10-28-11-9-22/h2-7,12,21H,8-11H2,1H3. The molecule has 0 atom stereocenters. The molecular formula is C19H19ClN2O6S. The highest BCUT2D eigenvalue weighted by Gasteiger charge is 2.25. The van der Waals surface area contributed by atoms with Gasteiger partial charge in [0.05, 0.1) is 42.2 Å². The zero-order chi connectivity index (χ0) is 21.0. The van der Waals surface area contributed by atoms with Gasteiger partial charge in [0.25, 0.3) is 15.9 Å². The fraction of sp³-hybridized carbons (Fsp3) is 0.263. The Balaban J connectivity index is 1.94. The van der Waals surface area contributed by atoms with Gasteiger partial charge in [-0.3, -0.25) is 9.52 Å². The van der Waals surface area contributed by atoms with Crippen LogP contribution >= 0.6 is 11.6 Å². The lowest BCUT2D eigenvalue weighted by Crippen LogP contribution is -2.41. The Morgan fingerprint density at radius 2 is 1.83 bits per heavy atom. The third kappa shape index (κ3) is 4.69. The Bertz CT molecular complexity index is 1030. The molecule has 1 saturated heterocycles. The second kappa shape index (κ2) is 8.81. The molecule has 3 rings (SSSR count). The molecule has 1 aliphatic heterocycles. The van der Waals surface area contributed by atoms with E-state index in [-0.39, 0.29) is 32.6 Å². The van der Waals surface area contributed by atoms with Gasteiger partial charge in [-0.25, -0.2) is 13.2 Å². The van der Waals surface area contributed by atoms with Crippen molar-refractivity contribution in [3.05, 3.63) is 58.6 Å². The van der Waals surface area contributed by atoms with E-state index < -0.39 is 16.0 Å². The number of methoxy groups -OCH3 is 1. The van der Waals surface area contributed by atoms with Crippen molar-refractivity contribution >= 4 is 39.2 Å². The van der Waals surface area contributed by atoms with Gasteiger partial charge in [0.1, 0.15) is 4.90 Å². The van der Waals surface area contributed by atoms with Crippen LogP contribution in [0.25, 0.3) is 0 Å². The quantitative estimate of drug-likeness (QED) is 0.719. The second-order valence-corrected chi connectivity index (χ2v) is 8.25. The summed E-state index contributed by atoms with van der Waals surface area (Å²) < 4.78 is 38.2. The maximum Gasteiger partial charge on any atom is 0.337 e. The molecule has 1 fully saturated rings. The first-order valence-corrected chi connectivity index (χ1v) is 10.6. The first-order chi connectivity index (χ1) is 13.8. The molecule has 29 heavy (non-hydrogen) atoms. The molecule has 2 aromatic rings. The van der Waals surface area contributed by atoms with Crippen LogP contribution in [-0.2, 0) is 19.5 Å². The van der Waals surface area contributed by atoms with Gasteiger partial charge in [-0.05, 0) is 30.3 Å². The van der Waals surface area contributed by atoms with Gasteiger partial charge in [0.2, 0.25) is 0 Å². The van der Waals surface area contributed by atoms with Gasteiger partial charge in [0.15, 0.2) is 0 Å². The SMILES string of the molecule is COC(=O)c1ccc(Cl)c(S(=O)(=O)Nc2ccccc2C(=O)N2CCOCC2)c1. The van der Waals surface area contributed by atoms with Gasteiger partial charge in [0, 0.05) is 13.1 Å². The van der Waals surface area contributed by atoms with Crippen molar-refractivity contribution in [3.8, 4) is 0 Å². The highest BCUT2D eigenvalue weighted by atomic mass is 35.5. The van der Waals surface area contributed by atoms with E-state index in [0.717, 1.165) is 6.07 Å². The van der Waals surface area contributed by atoms with Crippen LogP contribution in [0.5, 0.6) is 0 Å². The number of rotatable bonds is 5. The Hall–Kier alpha value is -2.62. The summed E-state index contributed by atoms with van der Waals surface area (Å²) in [6, 6.07) is 10.1. The number of amides is 1. The van der Waals surface area contributed by atoms with Gasteiger partial charge < -0.3 is 14.4 Å². The topological polar surface area (TPSA) is 102 Å². The van der Waals surface area contributed by atoms with Crippen molar-refractivity contribution in [1.29, 1.82) is 0 Å². The number of hydrogen-bond acceptors (Lipinski definition) is 6. The number of sulfonamides is 1. The summed E-state index contributed by atoms with van der Waals surface area (Å²) in [5.41, 5.74) is 0.358. The molecule has 0 aliphatic carbocycles. The molecule has 1 aliphatic rings. The van der Waals surface area contributed by atoms with Crippen molar-refractivity contribution in [2.75, 3.05) is 38.1 Å². The predicted molar refractivity (Wildman–Crippen MR) is 107 cm³/mol. The lowest BCUT2D eigenvalue weighted by molar-refractivity contribution is 0.0303. The van der Waals surface area contributed by atoms with Crippen molar-refractivity contribution in [3.63, 3.8) is 0 Å². The Morgan fingerprint density at radius 3 is 2.52 bits per heavy atom. The molecule has 0 bridgehead atoms. The molecule has 10 heteroatoms. The first kappa shape index (κ1) is 21.1. The number of benzene rings is 2. The van der Waals surface area contributed by atoms with Crippen LogP contribution in [0.2, 0.25) is 5.02 Å². The van der Waals surface area contributed by atoms with E-state index in [1.807, 2.05) is 0 Å². The van der Waals surface area contributed by atoms with E-state index in [2.05, 4.69) is 9.46 Å². The van der Waals surface area contributed by atoms with Crippen molar-refractivity contribution in [1.82, 2.24) is 4.90 Å². The average Bonchev–Trinajstić information content (AvgIpc) is 2.73. The van der Waals surface area contributed by atoms with Gasteiger partial charge in [-0.1, -0.05) is 23.7 Å². The maximum atomic E-state index is 12.9. The number of ether oxygens (including phenoxy) is 2. The molecule has 1 N–H and O–H groups in total. The van der Waals surface area contributed by atoms with Crippen LogP contribution in [-0.4, -0.2) is 58.6 Å². The third-order valence-electron chi connectivity index (χ3n) is 4.34. The molecule has 0 aromatic heterocycles. The number of para-hydroxylation sites is 1. The molecule has 0 unspecified atom stereocenters. The molecule has 1 amide bonds. The normalized spacial score (nSPS) is 14.3. The molecule has 0 radical (unpaired) electrons. The van der Waals surface area contributed by atoms with Crippen LogP contribution in [0.15, 0.2) is 47.4 Å². The number of esters is 1. The molecule has 2 aromatic carbocycles. The monoisotopic (exact) mass is 438 g/mol. The van der Waals surface area contributed by atoms with E-state index in [4.69, 9.17) is 16.3 Å². The second-order valence-electron chi connectivity index (χ2n) is 6.19. The zero-order valence-electron chi connectivity index (χ0n) is 15.6. The number of hydrogen-bond donors (Lipinski definition) is 1.